The Balaban J connectivity index is 1.47. The Labute approximate surface area is 174 Å². The summed E-state index contributed by atoms with van der Waals surface area (Å²) < 4.78 is 7.16. The van der Waals surface area contributed by atoms with E-state index in [1.807, 2.05) is 29.0 Å². The lowest BCUT2D eigenvalue weighted by Crippen LogP contribution is -2.39. The first-order valence-electron chi connectivity index (χ1n) is 9.44. The van der Waals surface area contributed by atoms with Crippen LogP contribution in [0.3, 0.4) is 0 Å². The molecule has 1 N–H and O–H groups in total. The molecule has 1 amide bonds. The molecule has 30 heavy (non-hydrogen) atoms. The quantitative estimate of drug-likeness (QED) is 0.613. The molecule has 1 atom stereocenters. The van der Waals surface area contributed by atoms with Crippen molar-refractivity contribution in [2.75, 3.05) is 0 Å². The van der Waals surface area contributed by atoms with Crippen LogP contribution in [0.25, 0.3) is 10.9 Å². The Morgan fingerprint density at radius 2 is 1.77 bits per heavy atom. The fourth-order valence-electron chi connectivity index (χ4n) is 3.01. The summed E-state index contributed by atoms with van der Waals surface area (Å²) in [5.74, 6) is -0.781. The number of nitriles is 2. The number of carbonyl (C=O) groups is 2. The third-order valence-corrected chi connectivity index (χ3v) is 4.68. The second-order valence-electron chi connectivity index (χ2n) is 6.85. The Bertz CT molecular complexity index is 1150. The number of aryl methyl sites for hydroxylation is 1. The zero-order chi connectivity index (χ0) is 21.5. The normalized spacial score (nSPS) is 11.3. The van der Waals surface area contributed by atoms with Crippen molar-refractivity contribution >= 4 is 22.8 Å². The monoisotopic (exact) mass is 400 g/mol. The van der Waals surface area contributed by atoms with Crippen LogP contribution in [0.1, 0.15) is 30.0 Å². The molecule has 3 aromatic rings. The summed E-state index contributed by atoms with van der Waals surface area (Å²) in [4.78, 5) is 24.4. The van der Waals surface area contributed by atoms with E-state index in [4.69, 9.17) is 15.3 Å². The molecular formula is C23H20N4O3. The van der Waals surface area contributed by atoms with Crippen molar-refractivity contribution in [3.8, 4) is 12.1 Å². The van der Waals surface area contributed by atoms with Crippen LogP contribution in [0.2, 0.25) is 0 Å². The van der Waals surface area contributed by atoms with Crippen molar-refractivity contribution in [3.05, 3.63) is 71.4 Å². The van der Waals surface area contributed by atoms with Crippen LogP contribution in [-0.2, 0) is 27.5 Å². The van der Waals surface area contributed by atoms with Gasteiger partial charge in [0.05, 0.1) is 23.3 Å². The predicted octanol–water partition coefficient (Wildman–Crippen LogP) is 3.02. The molecule has 1 unspecified atom stereocenters. The molecule has 3 rings (SSSR count). The average Bonchev–Trinajstić information content (AvgIpc) is 3.18. The standard InChI is InChI=1S/C23H20N4O3/c1-16(23(29)30-15-18-4-2-17(13-24)3-5-18)26-22(28)9-11-27-10-8-20-12-19(14-25)6-7-21(20)27/h2-8,10,12,16H,9,11,15H2,1H3,(H,26,28). The SMILES string of the molecule is CC(NC(=O)CCn1ccc2cc(C#N)ccc21)C(=O)OCc1ccc(C#N)cc1. The molecule has 1 aromatic heterocycles. The molecule has 2 aromatic carbocycles. The number of nitrogens with zero attached hydrogens (tertiary/aromatic N) is 3. The molecule has 0 aliphatic heterocycles. The van der Waals surface area contributed by atoms with Crippen LogP contribution in [0, 0.1) is 22.7 Å². The van der Waals surface area contributed by atoms with Gasteiger partial charge in [0.25, 0.3) is 0 Å². The van der Waals surface area contributed by atoms with Crippen molar-refractivity contribution < 1.29 is 14.3 Å². The van der Waals surface area contributed by atoms with E-state index in [0.717, 1.165) is 16.5 Å². The summed E-state index contributed by atoms with van der Waals surface area (Å²) in [5, 5.41) is 21.4. The minimum absolute atomic E-state index is 0.0742. The second-order valence-corrected chi connectivity index (χ2v) is 6.85. The highest BCUT2D eigenvalue weighted by atomic mass is 16.5. The maximum Gasteiger partial charge on any atom is 0.328 e. The summed E-state index contributed by atoms with van der Waals surface area (Å²) in [7, 11) is 0. The van der Waals surface area contributed by atoms with E-state index in [2.05, 4.69) is 11.4 Å². The molecule has 0 aliphatic carbocycles. The minimum Gasteiger partial charge on any atom is -0.459 e. The molecule has 0 saturated carbocycles. The van der Waals surface area contributed by atoms with E-state index in [-0.39, 0.29) is 18.9 Å². The lowest BCUT2D eigenvalue weighted by atomic mass is 10.1. The van der Waals surface area contributed by atoms with E-state index >= 15 is 0 Å². The van der Waals surface area contributed by atoms with Gasteiger partial charge in [0, 0.05) is 30.1 Å². The van der Waals surface area contributed by atoms with E-state index < -0.39 is 12.0 Å². The lowest BCUT2D eigenvalue weighted by Gasteiger charge is -2.14. The Hall–Kier alpha value is -4.10. The van der Waals surface area contributed by atoms with Gasteiger partial charge < -0.3 is 14.6 Å². The highest BCUT2D eigenvalue weighted by Gasteiger charge is 2.17. The number of esters is 1. The number of benzene rings is 2. The van der Waals surface area contributed by atoms with Crippen LogP contribution in [-0.4, -0.2) is 22.5 Å². The second kappa shape index (κ2) is 9.40. The van der Waals surface area contributed by atoms with E-state index in [1.165, 1.54) is 0 Å². The fourth-order valence-corrected chi connectivity index (χ4v) is 3.01. The van der Waals surface area contributed by atoms with Crippen LogP contribution < -0.4 is 5.32 Å². The zero-order valence-electron chi connectivity index (χ0n) is 16.5. The molecule has 150 valence electrons. The number of fused-ring (bicyclic) bond motifs is 1. The smallest absolute Gasteiger partial charge is 0.328 e. The summed E-state index contributed by atoms with van der Waals surface area (Å²) >= 11 is 0. The van der Waals surface area contributed by atoms with Crippen LogP contribution in [0.5, 0.6) is 0 Å². The molecule has 1 heterocycles. The third-order valence-electron chi connectivity index (χ3n) is 4.68. The molecule has 0 radical (unpaired) electrons. The van der Waals surface area contributed by atoms with E-state index in [1.54, 1.807) is 43.3 Å². The van der Waals surface area contributed by atoms with Gasteiger partial charge in [-0.3, -0.25) is 4.79 Å². The van der Waals surface area contributed by atoms with Crippen molar-refractivity contribution in [3.63, 3.8) is 0 Å². The maximum absolute atomic E-state index is 12.2. The fraction of sp³-hybridized carbons (Fsp3) is 0.217. The van der Waals surface area contributed by atoms with Crippen molar-refractivity contribution in [1.29, 1.82) is 10.5 Å². The number of carbonyl (C=O) groups excluding carboxylic acids is 2. The molecule has 0 spiro atoms. The highest BCUT2D eigenvalue weighted by Crippen LogP contribution is 2.17. The third kappa shape index (κ3) is 5.03. The van der Waals surface area contributed by atoms with Gasteiger partial charge in [-0.05, 0) is 48.9 Å². The molecule has 7 nitrogen and oxygen atoms in total. The molecule has 0 bridgehead atoms. The summed E-state index contributed by atoms with van der Waals surface area (Å²) in [6.45, 7) is 2.10. The number of amides is 1. The lowest BCUT2D eigenvalue weighted by molar-refractivity contribution is -0.148. The number of rotatable bonds is 7. The maximum atomic E-state index is 12.2. The molecule has 0 saturated heterocycles. The predicted molar refractivity (Wildman–Crippen MR) is 110 cm³/mol. The number of hydrogen-bond acceptors (Lipinski definition) is 5. The Morgan fingerprint density at radius 3 is 2.47 bits per heavy atom. The number of nitrogens with one attached hydrogen (secondary N) is 1. The first-order valence-corrected chi connectivity index (χ1v) is 9.44. The zero-order valence-corrected chi connectivity index (χ0v) is 16.5. The van der Waals surface area contributed by atoms with Gasteiger partial charge in [-0.2, -0.15) is 10.5 Å². The minimum atomic E-state index is -0.768. The average molecular weight is 400 g/mol. The van der Waals surface area contributed by atoms with E-state index in [0.29, 0.717) is 17.7 Å². The Morgan fingerprint density at radius 1 is 1.07 bits per heavy atom. The van der Waals surface area contributed by atoms with Gasteiger partial charge in [0.15, 0.2) is 0 Å². The van der Waals surface area contributed by atoms with Crippen LogP contribution in [0.15, 0.2) is 54.7 Å². The highest BCUT2D eigenvalue weighted by molar-refractivity contribution is 5.85. The molecule has 7 heteroatoms. The topological polar surface area (TPSA) is 108 Å². The molecule has 0 aliphatic rings. The summed E-state index contributed by atoms with van der Waals surface area (Å²) in [6.07, 6.45) is 2.07. The summed E-state index contributed by atoms with van der Waals surface area (Å²) in [6, 6.07) is 17.4. The van der Waals surface area contributed by atoms with Crippen molar-refractivity contribution in [1.82, 2.24) is 9.88 Å². The van der Waals surface area contributed by atoms with Gasteiger partial charge in [-0.1, -0.05) is 12.1 Å². The summed E-state index contributed by atoms with van der Waals surface area (Å²) in [5.41, 5.74) is 2.83. The van der Waals surface area contributed by atoms with Gasteiger partial charge in [-0.25, -0.2) is 4.79 Å². The van der Waals surface area contributed by atoms with Crippen LogP contribution in [0.4, 0.5) is 0 Å². The van der Waals surface area contributed by atoms with Gasteiger partial charge in [-0.15, -0.1) is 0 Å². The number of aromatic nitrogens is 1. The first-order chi connectivity index (χ1) is 14.5. The molecular weight excluding hydrogens is 380 g/mol. The van der Waals surface area contributed by atoms with Crippen LogP contribution >= 0.6 is 0 Å². The van der Waals surface area contributed by atoms with E-state index in [9.17, 15) is 9.59 Å². The van der Waals surface area contributed by atoms with Gasteiger partial charge in [0.1, 0.15) is 12.6 Å². The largest absolute Gasteiger partial charge is 0.459 e. The van der Waals surface area contributed by atoms with Crippen molar-refractivity contribution in [2.24, 2.45) is 0 Å². The van der Waals surface area contributed by atoms with Gasteiger partial charge >= 0.3 is 5.97 Å². The number of ether oxygens (including phenoxy) is 1. The van der Waals surface area contributed by atoms with Crippen molar-refractivity contribution in [2.45, 2.75) is 32.5 Å². The number of hydrogen-bond donors (Lipinski definition) is 1. The Kier molecular flexibility index (Phi) is 6.46. The molecule has 0 fully saturated rings. The van der Waals surface area contributed by atoms with Gasteiger partial charge in [0.2, 0.25) is 5.91 Å². The first kappa shape index (κ1) is 20.6.